The van der Waals surface area contributed by atoms with Crippen molar-refractivity contribution >= 4 is 17.6 Å². The molecule has 0 radical (unpaired) electrons. The maximum absolute atomic E-state index is 8.70. The van der Waals surface area contributed by atoms with E-state index < -0.39 is 0 Å². The maximum atomic E-state index is 8.70. The molecule has 0 aromatic heterocycles. The molecule has 1 saturated heterocycles. The molecule has 0 aromatic rings. The van der Waals surface area contributed by atoms with Crippen molar-refractivity contribution in [1.29, 1.82) is 0 Å². The van der Waals surface area contributed by atoms with Crippen molar-refractivity contribution in [3.8, 4) is 0 Å². The Hall–Kier alpha value is -0.420. The lowest BCUT2D eigenvalue weighted by atomic mass is 9.88. The molecule has 0 atom stereocenters. The lowest BCUT2D eigenvalue weighted by Crippen LogP contribution is -2.37. The van der Waals surface area contributed by atoms with Crippen molar-refractivity contribution in [3.05, 3.63) is 0 Å². The summed E-state index contributed by atoms with van der Waals surface area (Å²) in [7, 11) is 0. The summed E-state index contributed by atoms with van der Waals surface area (Å²) < 4.78 is 0. The molecule has 0 saturated carbocycles. The van der Waals surface area contributed by atoms with E-state index in [1.165, 1.54) is 24.5 Å². The number of hydrogen-bond donors (Lipinski definition) is 2. The highest BCUT2D eigenvalue weighted by molar-refractivity contribution is 7.99. The first-order valence-corrected chi connectivity index (χ1v) is 7.00. The van der Waals surface area contributed by atoms with Crippen molar-refractivity contribution in [2.75, 3.05) is 31.1 Å². The molecule has 0 bridgehead atoms. The molecule has 5 heteroatoms. The van der Waals surface area contributed by atoms with Crippen LogP contribution < -0.4 is 5.73 Å². The molecule has 1 fully saturated rings. The van der Waals surface area contributed by atoms with Gasteiger partial charge >= 0.3 is 0 Å². The third kappa shape index (κ3) is 4.22. The summed E-state index contributed by atoms with van der Waals surface area (Å²) in [6.45, 7) is 7.42. The Morgan fingerprint density at radius 2 is 2.19 bits per heavy atom. The molecule has 0 aromatic carbocycles. The molecule has 1 rings (SSSR count). The van der Waals surface area contributed by atoms with Gasteiger partial charge in [-0.05, 0) is 31.7 Å². The number of hydrogen-bond acceptors (Lipinski definition) is 4. The summed E-state index contributed by atoms with van der Waals surface area (Å²) in [5, 5.41) is 11.8. The summed E-state index contributed by atoms with van der Waals surface area (Å²) in [5.41, 5.74) is 5.46. The maximum Gasteiger partial charge on any atom is 0.144 e. The summed E-state index contributed by atoms with van der Waals surface area (Å²) >= 11 is 2.03. The molecule has 1 aliphatic heterocycles. The minimum absolute atomic E-state index is 0.214. The molecule has 1 aliphatic rings. The van der Waals surface area contributed by atoms with E-state index in [9.17, 15) is 0 Å². The summed E-state index contributed by atoms with van der Waals surface area (Å²) in [5.74, 6) is 2.83. The van der Waals surface area contributed by atoms with E-state index in [0.717, 1.165) is 19.5 Å². The average molecular weight is 245 g/mol. The van der Waals surface area contributed by atoms with Crippen LogP contribution in [0.25, 0.3) is 0 Å². The normalized spacial score (nSPS) is 20.8. The van der Waals surface area contributed by atoms with Crippen LogP contribution in [0, 0.1) is 5.41 Å². The van der Waals surface area contributed by atoms with Crippen LogP contribution in [0.4, 0.5) is 0 Å². The van der Waals surface area contributed by atoms with E-state index in [1.807, 2.05) is 25.6 Å². The van der Waals surface area contributed by atoms with Gasteiger partial charge in [0, 0.05) is 17.7 Å². The fraction of sp³-hybridized carbons (Fsp3) is 0.909. The first kappa shape index (κ1) is 13.6. The van der Waals surface area contributed by atoms with Gasteiger partial charge in [-0.15, -0.1) is 0 Å². The minimum Gasteiger partial charge on any atom is -0.409 e. The smallest absolute Gasteiger partial charge is 0.144 e. The molecule has 3 N–H and O–H groups in total. The van der Waals surface area contributed by atoms with Crippen molar-refractivity contribution in [1.82, 2.24) is 4.90 Å². The lowest BCUT2D eigenvalue weighted by Gasteiger charge is -2.27. The molecule has 16 heavy (non-hydrogen) atoms. The molecular formula is C11H23N3OS. The fourth-order valence-corrected chi connectivity index (χ4v) is 2.65. The number of nitrogens with zero attached hydrogens (tertiary/aromatic N) is 2. The molecule has 0 aliphatic carbocycles. The van der Waals surface area contributed by atoms with Crippen LogP contribution in [0.15, 0.2) is 5.16 Å². The van der Waals surface area contributed by atoms with Crippen molar-refractivity contribution in [3.63, 3.8) is 0 Å². The third-order valence-corrected chi connectivity index (χ3v) is 4.22. The van der Waals surface area contributed by atoms with Crippen LogP contribution in [-0.4, -0.2) is 47.1 Å². The van der Waals surface area contributed by atoms with Crippen LogP contribution in [0.1, 0.15) is 26.7 Å². The number of rotatable bonds is 4. The van der Waals surface area contributed by atoms with Crippen LogP contribution in [0.3, 0.4) is 0 Å². The Kier molecular flexibility index (Phi) is 5.41. The van der Waals surface area contributed by atoms with Gasteiger partial charge in [-0.2, -0.15) is 11.8 Å². The molecule has 0 amide bonds. The Morgan fingerprint density at radius 1 is 1.44 bits per heavy atom. The fourth-order valence-electron chi connectivity index (χ4n) is 1.72. The Balaban J connectivity index is 2.37. The molecule has 1 heterocycles. The van der Waals surface area contributed by atoms with E-state index >= 15 is 0 Å². The van der Waals surface area contributed by atoms with Gasteiger partial charge in [0.1, 0.15) is 5.84 Å². The van der Waals surface area contributed by atoms with Gasteiger partial charge in [-0.1, -0.05) is 19.0 Å². The van der Waals surface area contributed by atoms with Gasteiger partial charge in [0.2, 0.25) is 0 Å². The Labute approximate surface area is 102 Å². The van der Waals surface area contributed by atoms with Crippen molar-refractivity contribution < 1.29 is 5.21 Å². The zero-order chi connectivity index (χ0) is 12.0. The van der Waals surface area contributed by atoms with E-state index in [-0.39, 0.29) is 5.41 Å². The first-order valence-electron chi connectivity index (χ1n) is 5.84. The summed E-state index contributed by atoms with van der Waals surface area (Å²) in [6, 6.07) is 0. The number of oxime groups is 1. The molecule has 0 spiro atoms. The monoisotopic (exact) mass is 245 g/mol. The molecule has 4 nitrogen and oxygen atoms in total. The standard InChI is InChI=1S/C11H23N3OS/c1-11(2,10(12)13-15)4-6-14-5-3-8-16-9-7-14/h15H,3-9H2,1-2H3,(H2,12,13). The van der Waals surface area contributed by atoms with E-state index in [2.05, 4.69) is 10.1 Å². The Bertz CT molecular complexity index is 235. The van der Waals surface area contributed by atoms with Gasteiger partial charge in [-0.25, -0.2) is 0 Å². The minimum atomic E-state index is -0.214. The number of nitrogens with two attached hydrogens (primary N) is 1. The van der Waals surface area contributed by atoms with Crippen LogP contribution in [0.2, 0.25) is 0 Å². The van der Waals surface area contributed by atoms with E-state index in [1.54, 1.807) is 0 Å². The highest BCUT2D eigenvalue weighted by atomic mass is 32.2. The number of thioether (sulfide) groups is 1. The quantitative estimate of drug-likeness (QED) is 0.342. The van der Waals surface area contributed by atoms with Crippen LogP contribution in [0.5, 0.6) is 0 Å². The largest absolute Gasteiger partial charge is 0.409 e. The predicted octanol–water partition coefficient (Wildman–Crippen LogP) is 1.59. The summed E-state index contributed by atoms with van der Waals surface area (Å²) in [4.78, 5) is 2.48. The van der Waals surface area contributed by atoms with Crippen molar-refractivity contribution in [2.24, 2.45) is 16.3 Å². The van der Waals surface area contributed by atoms with Gasteiger partial charge in [0.15, 0.2) is 0 Å². The second kappa shape index (κ2) is 6.35. The van der Waals surface area contributed by atoms with Crippen LogP contribution in [-0.2, 0) is 0 Å². The second-order valence-electron chi connectivity index (χ2n) is 4.93. The van der Waals surface area contributed by atoms with Gasteiger partial charge in [-0.3, -0.25) is 0 Å². The van der Waals surface area contributed by atoms with Gasteiger partial charge in [0.05, 0.1) is 0 Å². The molecule has 0 unspecified atom stereocenters. The Morgan fingerprint density at radius 3 is 2.88 bits per heavy atom. The van der Waals surface area contributed by atoms with E-state index in [4.69, 9.17) is 10.9 Å². The number of amidine groups is 1. The third-order valence-electron chi connectivity index (χ3n) is 3.17. The highest BCUT2D eigenvalue weighted by Gasteiger charge is 2.24. The highest BCUT2D eigenvalue weighted by Crippen LogP contribution is 2.21. The van der Waals surface area contributed by atoms with Gasteiger partial charge in [0.25, 0.3) is 0 Å². The average Bonchev–Trinajstić information content (AvgIpc) is 2.53. The summed E-state index contributed by atoms with van der Waals surface area (Å²) in [6.07, 6.45) is 2.21. The predicted molar refractivity (Wildman–Crippen MR) is 70.2 cm³/mol. The molecule has 94 valence electrons. The van der Waals surface area contributed by atoms with Crippen molar-refractivity contribution in [2.45, 2.75) is 26.7 Å². The SMILES string of the molecule is CC(C)(CCN1CCCSCC1)C(N)=NO. The second-order valence-corrected chi connectivity index (χ2v) is 6.15. The van der Waals surface area contributed by atoms with Crippen LogP contribution >= 0.6 is 11.8 Å². The first-order chi connectivity index (χ1) is 7.56. The zero-order valence-corrected chi connectivity index (χ0v) is 11.1. The molecular weight excluding hydrogens is 222 g/mol. The van der Waals surface area contributed by atoms with E-state index in [0.29, 0.717) is 5.84 Å². The lowest BCUT2D eigenvalue weighted by molar-refractivity contribution is 0.255. The zero-order valence-electron chi connectivity index (χ0n) is 10.3. The van der Waals surface area contributed by atoms with Gasteiger partial charge < -0.3 is 15.8 Å². The topological polar surface area (TPSA) is 61.8 Å².